The molecule has 146 valence electrons. The topological polar surface area (TPSA) is 111 Å². The molecule has 0 atom stereocenters. The fraction of sp³-hybridized carbons (Fsp3) is 0.250. The van der Waals surface area contributed by atoms with Crippen LogP contribution in [0, 0.1) is 10.1 Å². The molecule has 0 saturated carbocycles. The lowest BCUT2D eigenvalue weighted by molar-refractivity contribution is -0.384. The summed E-state index contributed by atoms with van der Waals surface area (Å²) in [5.41, 5.74) is 3.19. The fourth-order valence-corrected chi connectivity index (χ4v) is 2.31. The van der Waals surface area contributed by atoms with Crippen LogP contribution in [0.1, 0.15) is 48.5 Å². The van der Waals surface area contributed by atoms with E-state index in [1.165, 1.54) is 30.5 Å². The molecule has 0 bridgehead atoms. The summed E-state index contributed by atoms with van der Waals surface area (Å²) in [6, 6.07) is 11.8. The third-order valence-electron chi connectivity index (χ3n) is 3.79. The predicted octanol–water partition coefficient (Wildman–Crippen LogP) is 3.84. The Morgan fingerprint density at radius 2 is 1.93 bits per heavy atom. The number of hydrogen-bond donors (Lipinski definition) is 1. The van der Waals surface area contributed by atoms with Crippen molar-refractivity contribution in [3.8, 4) is 5.75 Å². The third-order valence-corrected chi connectivity index (χ3v) is 3.79. The van der Waals surface area contributed by atoms with Crippen LogP contribution in [0.15, 0.2) is 53.6 Å². The molecule has 0 spiro atoms. The lowest BCUT2D eigenvalue weighted by atomic mass is 10.2. The van der Waals surface area contributed by atoms with Crippen molar-refractivity contribution in [2.75, 3.05) is 0 Å². The molecule has 0 saturated heterocycles. The Kier molecular flexibility index (Phi) is 7.83. The lowest BCUT2D eigenvalue weighted by Crippen LogP contribution is -2.16. The van der Waals surface area contributed by atoms with Gasteiger partial charge in [-0.05, 0) is 36.2 Å². The van der Waals surface area contributed by atoms with Crippen LogP contribution in [0.3, 0.4) is 0 Å². The van der Waals surface area contributed by atoms with Gasteiger partial charge in [0, 0.05) is 18.6 Å². The minimum absolute atomic E-state index is 0.105. The van der Waals surface area contributed by atoms with Crippen molar-refractivity contribution in [1.82, 2.24) is 5.43 Å². The minimum Gasteiger partial charge on any atom is -0.423 e. The van der Waals surface area contributed by atoms with Crippen LogP contribution >= 0.6 is 0 Å². The van der Waals surface area contributed by atoms with Crippen LogP contribution in [-0.4, -0.2) is 23.0 Å². The molecule has 1 N–H and O–H groups in total. The van der Waals surface area contributed by atoms with E-state index in [0.717, 1.165) is 19.3 Å². The van der Waals surface area contributed by atoms with Crippen LogP contribution in [0.2, 0.25) is 0 Å². The molecule has 8 heteroatoms. The van der Waals surface area contributed by atoms with Gasteiger partial charge in [0.2, 0.25) is 5.91 Å². The van der Waals surface area contributed by atoms with E-state index in [2.05, 4.69) is 17.5 Å². The van der Waals surface area contributed by atoms with Gasteiger partial charge in [0.05, 0.1) is 16.7 Å². The highest BCUT2D eigenvalue weighted by molar-refractivity contribution is 5.91. The van der Waals surface area contributed by atoms with Crippen LogP contribution in [0.5, 0.6) is 5.75 Å². The van der Waals surface area contributed by atoms with Crippen molar-refractivity contribution >= 4 is 23.8 Å². The molecule has 0 aliphatic heterocycles. The summed E-state index contributed by atoms with van der Waals surface area (Å²) in [7, 11) is 0. The second kappa shape index (κ2) is 10.6. The first-order valence-corrected chi connectivity index (χ1v) is 8.88. The van der Waals surface area contributed by atoms with Gasteiger partial charge in [0.15, 0.2) is 0 Å². The third kappa shape index (κ3) is 6.64. The summed E-state index contributed by atoms with van der Waals surface area (Å²) >= 11 is 0. The van der Waals surface area contributed by atoms with E-state index in [0.29, 0.717) is 17.7 Å². The average molecular weight is 383 g/mol. The molecule has 0 aromatic heterocycles. The number of esters is 1. The van der Waals surface area contributed by atoms with Crippen LogP contribution in [0.25, 0.3) is 0 Å². The molecule has 0 heterocycles. The number of benzene rings is 2. The molecule has 1 amide bonds. The first-order valence-electron chi connectivity index (χ1n) is 8.88. The monoisotopic (exact) mass is 383 g/mol. The first-order chi connectivity index (χ1) is 13.5. The van der Waals surface area contributed by atoms with Crippen molar-refractivity contribution in [2.24, 2.45) is 5.10 Å². The van der Waals surface area contributed by atoms with E-state index in [1.54, 1.807) is 24.3 Å². The number of nitro benzene ring substituents is 1. The van der Waals surface area contributed by atoms with Gasteiger partial charge < -0.3 is 4.74 Å². The van der Waals surface area contributed by atoms with Gasteiger partial charge in [-0.15, -0.1) is 0 Å². The standard InChI is InChI=1S/C20H21N3O5/c1-2-3-4-8-19(24)22-21-14-15-6-5-7-18(13-15)28-20(25)16-9-11-17(12-10-16)23(26)27/h5-7,9-14H,2-4,8H2,1H3,(H,22,24)/b21-14+. The maximum atomic E-state index is 12.2. The Balaban J connectivity index is 1.93. The number of carbonyl (C=O) groups excluding carboxylic acids is 2. The molecule has 0 aliphatic carbocycles. The summed E-state index contributed by atoms with van der Waals surface area (Å²) in [5, 5.41) is 14.6. The zero-order chi connectivity index (χ0) is 20.4. The van der Waals surface area contributed by atoms with Crippen LogP contribution < -0.4 is 10.2 Å². The summed E-state index contributed by atoms with van der Waals surface area (Å²) in [4.78, 5) is 33.9. The molecule has 0 aliphatic rings. The number of hydrazone groups is 1. The molecule has 2 aromatic carbocycles. The van der Waals surface area contributed by atoms with Crippen molar-refractivity contribution in [2.45, 2.75) is 32.6 Å². The second-order valence-electron chi connectivity index (χ2n) is 6.02. The Morgan fingerprint density at radius 3 is 2.61 bits per heavy atom. The predicted molar refractivity (Wildman–Crippen MR) is 104 cm³/mol. The molecular formula is C20H21N3O5. The SMILES string of the molecule is CCCCCC(=O)N/N=C/c1cccc(OC(=O)c2ccc([N+](=O)[O-])cc2)c1. The summed E-state index contributed by atoms with van der Waals surface area (Å²) in [6.07, 6.45) is 4.76. The van der Waals surface area contributed by atoms with E-state index in [-0.39, 0.29) is 17.2 Å². The summed E-state index contributed by atoms with van der Waals surface area (Å²) in [6.45, 7) is 2.07. The lowest BCUT2D eigenvalue weighted by Gasteiger charge is -2.05. The highest BCUT2D eigenvalue weighted by atomic mass is 16.6. The Hall–Kier alpha value is -3.55. The number of ether oxygens (including phenoxy) is 1. The molecule has 0 unspecified atom stereocenters. The molecule has 2 aromatic rings. The molecule has 28 heavy (non-hydrogen) atoms. The first kappa shape index (κ1) is 20.8. The number of hydrogen-bond acceptors (Lipinski definition) is 6. The maximum Gasteiger partial charge on any atom is 0.343 e. The van der Waals surface area contributed by atoms with Gasteiger partial charge >= 0.3 is 5.97 Å². The summed E-state index contributed by atoms with van der Waals surface area (Å²) < 4.78 is 5.28. The van der Waals surface area contributed by atoms with E-state index < -0.39 is 10.9 Å². The molecule has 8 nitrogen and oxygen atoms in total. The molecule has 2 rings (SSSR count). The van der Waals surface area contributed by atoms with Gasteiger partial charge in [0.1, 0.15) is 5.75 Å². The smallest absolute Gasteiger partial charge is 0.343 e. The minimum atomic E-state index is -0.631. The van der Waals surface area contributed by atoms with E-state index in [1.807, 2.05) is 0 Å². The van der Waals surface area contributed by atoms with Gasteiger partial charge in [-0.2, -0.15) is 5.10 Å². The van der Waals surface area contributed by atoms with Crippen molar-refractivity contribution in [3.63, 3.8) is 0 Å². The zero-order valence-electron chi connectivity index (χ0n) is 15.5. The number of non-ortho nitro benzene ring substituents is 1. The quantitative estimate of drug-likeness (QED) is 0.177. The summed E-state index contributed by atoms with van der Waals surface area (Å²) in [5.74, 6) is -0.486. The van der Waals surface area contributed by atoms with E-state index >= 15 is 0 Å². The Labute approximate surface area is 162 Å². The van der Waals surface area contributed by atoms with Gasteiger partial charge in [0.25, 0.3) is 5.69 Å². The fourth-order valence-electron chi connectivity index (χ4n) is 2.31. The average Bonchev–Trinajstić information content (AvgIpc) is 2.68. The number of rotatable bonds is 9. The van der Waals surface area contributed by atoms with E-state index in [9.17, 15) is 19.7 Å². The van der Waals surface area contributed by atoms with E-state index in [4.69, 9.17) is 4.74 Å². The van der Waals surface area contributed by atoms with Crippen molar-refractivity contribution in [3.05, 3.63) is 69.8 Å². The number of nitrogens with one attached hydrogen (secondary N) is 1. The Morgan fingerprint density at radius 1 is 1.18 bits per heavy atom. The van der Waals surface area contributed by atoms with Crippen LogP contribution in [-0.2, 0) is 4.79 Å². The zero-order valence-corrected chi connectivity index (χ0v) is 15.5. The largest absolute Gasteiger partial charge is 0.423 e. The number of nitrogens with zero attached hydrogens (tertiary/aromatic N) is 2. The van der Waals surface area contributed by atoms with Gasteiger partial charge in [-0.3, -0.25) is 14.9 Å². The molecule has 0 fully saturated rings. The number of amides is 1. The highest BCUT2D eigenvalue weighted by Crippen LogP contribution is 2.16. The van der Waals surface area contributed by atoms with Crippen molar-refractivity contribution in [1.29, 1.82) is 0 Å². The van der Waals surface area contributed by atoms with Crippen molar-refractivity contribution < 1.29 is 19.2 Å². The molecule has 0 radical (unpaired) electrons. The van der Waals surface area contributed by atoms with Crippen LogP contribution in [0.4, 0.5) is 5.69 Å². The van der Waals surface area contributed by atoms with Gasteiger partial charge in [-0.1, -0.05) is 31.9 Å². The number of unbranched alkanes of at least 4 members (excludes halogenated alkanes) is 2. The number of carbonyl (C=O) groups is 2. The number of nitro groups is 1. The molecular weight excluding hydrogens is 362 g/mol. The Bertz CT molecular complexity index is 862. The highest BCUT2D eigenvalue weighted by Gasteiger charge is 2.11. The maximum absolute atomic E-state index is 12.2. The van der Waals surface area contributed by atoms with Gasteiger partial charge in [-0.25, -0.2) is 10.2 Å². The second-order valence-corrected chi connectivity index (χ2v) is 6.02. The normalized spacial score (nSPS) is 10.6.